The molecule has 122 valence electrons. The van der Waals surface area contributed by atoms with E-state index < -0.39 is 10.0 Å². The molecule has 0 N–H and O–H groups in total. The average Bonchev–Trinajstić information content (AvgIpc) is 2.81. The molecule has 0 radical (unpaired) electrons. The summed E-state index contributed by atoms with van der Waals surface area (Å²) in [6.45, 7) is 9.73. The highest BCUT2D eigenvalue weighted by Gasteiger charge is 2.37. The predicted octanol–water partition coefficient (Wildman–Crippen LogP) is 4.06. The molecule has 3 nitrogen and oxygen atoms in total. The fraction of sp³-hybridized carbons (Fsp3) is 0.368. The first-order chi connectivity index (χ1) is 10.7. The summed E-state index contributed by atoms with van der Waals surface area (Å²) < 4.78 is 28.6. The fourth-order valence-electron chi connectivity index (χ4n) is 3.57. The molecule has 4 heteroatoms. The van der Waals surface area contributed by atoms with Crippen LogP contribution in [-0.2, 0) is 16.4 Å². The van der Waals surface area contributed by atoms with Crippen molar-refractivity contribution in [3.05, 3.63) is 58.1 Å². The lowest BCUT2D eigenvalue weighted by molar-refractivity contribution is 0.582. The molecule has 0 spiro atoms. The number of anilines is 1. The maximum atomic E-state index is 13.5. The molecular formula is C19H23NO2S. The van der Waals surface area contributed by atoms with Crippen LogP contribution in [0.25, 0.3) is 0 Å². The first-order valence-electron chi connectivity index (χ1n) is 7.95. The summed E-state index contributed by atoms with van der Waals surface area (Å²) in [5.74, 6) is 0. The quantitative estimate of drug-likeness (QED) is 0.833. The van der Waals surface area contributed by atoms with E-state index in [0.717, 1.165) is 39.9 Å². The van der Waals surface area contributed by atoms with Gasteiger partial charge >= 0.3 is 0 Å². The van der Waals surface area contributed by atoms with Gasteiger partial charge in [-0.1, -0.05) is 24.3 Å². The van der Waals surface area contributed by atoms with E-state index in [0.29, 0.717) is 4.90 Å². The minimum Gasteiger partial charge on any atom is -0.263 e. The fourth-order valence-corrected chi connectivity index (χ4v) is 5.85. The van der Waals surface area contributed by atoms with E-state index in [1.54, 1.807) is 4.31 Å². The maximum Gasteiger partial charge on any atom is 0.265 e. The van der Waals surface area contributed by atoms with Gasteiger partial charge in [-0.2, -0.15) is 0 Å². The van der Waals surface area contributed by atoms with E-state index >= 15 is 0 Å². The van der Waals surface area contributed by atoms with Crippen LogP contribution in [0.15, 0.2) is 35.2 Å². The lowest BCUT2D eigenvalue weighted by atomic mass is 10.0. The molecule has 23 heavy (non-hydrogen) atoms. The molecule has 0 aliphatic carbocycles. The number of nitrogens with zero attached hydrogens (tertiary/aromatic N) is 1. The lowest BCUT2D eigenvalue weighted by Gasteiger charge is -2.27. The molecule has 0 amide bonds. The largest absolute Gasteiger partial charge is 0.265 e. The van der Waals surface area contributed by atoms with Gasteiger partial charge in [-0.05, 0) is 74.9 Å². The number of rotatable bonds is 2. The molecule has 0 bridgehead atoms. The molecule has 0 saturated carbocycles. The number of hydrogen-bond donors (Lipinski definition) is 0. The Morgan fingerprint density at radius 1 is 1.00 bits per heavy atom. The molecule has 0 aromatic heterocycles. The number of sulfonamides is 1. The zero-order valence-corrected chi connectivity index (χ0v) is 15.2. The number of para-hydroxylation sites is 1. The first kappa shape index (κ1) is 16.1. The van der Waals surface area contributed by atoms with Crippen molar-refractivity contribution in [1.29, 1.82) is 0 Å². The Morgan fingerprint density at radius 2 is 1.57 bits per heavy atom. The van der Waals surface area contributed by atoms with E-state index in [-0.39, 0.29) is 6.04 Å². The van der Waals surface area contributed by atoms with Crippen molar-refractivity contribution >= 4 is 15.7 Å². The van der Waals surface area contributed by atoms with Crippen LogP contribution in [0.5, 0.6) is 0 Å². The minimum atomic E-state index is -3.57. The third-order valence-corrected chi connectivity index (χ3v) is 7.16. The Bertz CT molecular complexity index is 858. The molecule has 3 rings (SSSR count). The number of benzene rings is 2. The topological polar surface area (TPSA) is 37.4 Å². The van der Waals surface area contributed by atoms with Crippen molar-refractivity contribution in [3.8, 4) is 0 Å². The van der Waals surface area contributed by atoms with Gasteiger partial charge in [0.2, 0.25) is 0 Å². The maximum absolute atomic E-state index is 13.5. The molecule has 1 atom stereocenters. The molecular weight excluding hydrogens is 306 g/mol. The molecule has 0 saturated heterocycles. The van der Waals surface area contributed by atoms with Gasteiger partial charge < -0.3 is 0 Å². The van der Waals surface area contributed by atoms with Gasteiger partial charge in [0, 0.05) is 6.04 Å². The molecule has 0 fully saturated rings. The van der Waals surface area contributed by atoms with Crippen molar-refractivity contribution in [2.24, 2.45) is 0 Å². The number of hydrogen-bond acceptors (Lipinski definition) is 2. The third-order valence-electron chi connectivity index (χ3n) is 4.96. The van der Waals surface area contributed by atoms with E-state index in [9.17, 15) is 8.42 Å². The third kappa shape index (κ3) is 2.36. The number of fused-ring (bicyclic) bond motifs is 1. The Labute approximate surface area is 139 Å². The van der Waals surface area contributed by atoms with Gasteiger partial charge in [-0.15, -0.1) is 0 Å². The van der Waals surface area contributed by atoms with Gasteiger partial charge in [0.1, 0.15) is 0 Å². The average molecular weight is 329 g/mol. The Morgan fingerprint density at radius 3 is 2.17 bits per heavy atom. The summed E-state index contributed by atoms with van der Waals surface area (Å²) in [4.78, 5) is 0.471. The number of aryl methyl sites for hydroxylation is 2. The smallest absolute Gasteiger partial charge is 0.263 e. The summed E-state index contributed by atoms with van der Waals surface area (Å²) in [6, 6.07) is 9.80. The predicted molar refractivity (Wildman–Crippen MR) is 94.7 cm³/mol. The van der Waals surface area contributed by atoms with Crippen molar-refractivity contribution < 1.29 is 8.42 Å². The van der Waals surface area contributed by atoms with Crippen molar-refractivity contribution in [2.45, 2.75) is 52.0 Å². The molecule has 1 aliphatic heterocycles. The SMILES string of the molecule is Cc1cc(C)c(C)c(S(=O)(=O)N2c3ccccc3C[C@H]2C)c1C. The Hall–Kier alpha value is -1.81. The zero-order valence-electron chi connectivity index (χ0n) is 14.3. The van der Waals surface area contributed by atoms with Crippen LogP contribution >= 0.6 is 0 Å². The molecule has 2 aromatic rings. The highest BCUT2D eigenvalue weighted by molar-refractivity contribution is 7.93. The van der Waals surface area contributed by atoms with Crippen LogP contribution in [0.4, 0.5) is 5.69 Å². The summed E-state index contributed by atoms with van der Waals surface area (Å²) in [5, 5.41) is 0. The van der Waals surface area contributed by atoms with Gasteiger partial charge in [0.15, 0.2) is 0 Å². The summed E-state index contributed by atoms with van der Waals surface area (Å²) >= 11 is 0. The van der Waals surface area contributed by atoms with Crippen molar-refractivity contribution in [3.63, 3.8) is 0 Å². The van der Waals surface area contributed by atoms with E-state index in [1.165, 1.54) is 0 Å². The zero-order chi connectivity index (χ0) is 16.9. The Balaban J connectivity index is 2.26. The summed E-state index contributed by atoms with van der Waals surface area (Å²) in [6.07, 6.45) is 0.762. The van der Waals surface area contributed by atoms with E-state index in [4.69, 9.17) is 0 Å². The normalized spacial score (nSPS) is 17.4. The molecule has 1 heterocycles. The summed E-state index contributed by atoms with van der Waals surface area (Å²) in [5.41, 5.74) is 5.66. The molecule has 0 unspecified atom stereocenters. The molecule has 2 aromatic carbocycles. The van der Waals surface area contributed by atoms with Crippen LogP contribution in [0, 0.1) is 27.7 Å². The van der Waals surface area contributed by atoms with Crippen LogP contribution in [0.3, 0.4) is 0 Å². The van der Waals surface area contributed by atoms with Crippen LogP contribution in [0.2, 0.25) is 0 Å². The second kappa shape index (κ2) is 5.38. The van der Waals surface area contributed by atoms with Gasteiger partial charge in [0.25, 0.3) is 10.0 Å². The first-order valence-corrected chi connectivity index (χ1v) is 9.39. The van der Waals surface area contributed by atoms with Crippen molar-refractivity contribution in [2.75, 3.05) is 4.31 Å². The molecule has 1 aliphatic rings. The highest BCUT2D eigenvalue weighted by Crippen LogP contribution is 2.38. The second-order valence-corrected chi connectivity index (χ2v) is 8.32. The second-order valence-electron chi connectivity index (χ2n) is 6.57. The Kier molecular flexibility index (Phi) is 3.75. The lowest BCUT2D eigenvalue weighted by Crippen LogP contribution is -2.36. The minimum absolute atomic E-state index is 0.0583. The van der Waals surface area contributed by atoms with Gasteiger partial charge in [-0.25, -0.2) is 8.42 Å². The van der Waals surface area contributed by atoms with Gasteiger partial charge in [-0.3, -0.25) is 4.31 Å². The van der Waals surface area contributed by atoms with E-state index in [1.807, 2.05) is 58.9 Å². The van der Waals surface area contributed by atoms with Gasteiger partial charge in [0.05, 0.1) is 10.6 Å². The summed E-state index contributed by atoms with van der Waals surface area (Å²) in [7, 11) is -3.57. The standard InChI is InChI=1S/C19H23NO2S/c1-12-10-13(2)16(5)19(15(12)4)23(21,22)20-14(3)11-17-8-6-7-9-18(17)20/h6-10,14H,11H2,1-5H3/t14-/m1/s1. The highest BCUT2D eigenvalue weighted by atomic mass is 32.2. The van der Waals surface area contributed by atoms with Crippen LogP contribution in [0.1, 0.15) is 34.7 Å². The van der Waals surface area contributed by atoms with Crippen LogP contribution in [-0.4, -0.2) is 14.5 Å². The van der Waals surface area contributed by atoms with E-state index in [2.05, 4.69) is 6.07 Å². The monoisotopic (exact) mass is 329 g/mol. The van der Waals surface area contributed by atoms with Crippen molar-refractivity contribution in [1.82, 2.24) is 0 Å². The van der Waals surface area contributed by atoms with Crippen LogP contribution < -0.4 is 4.31 Å².